The Kier molecular flexibility index (Phi) is 6.85. The van der Waals surface area contributed by atoms with E-state index in [4.69, 9.17) is 40.1 Å². The Bertz CT molecular complexity index is 755. The molecule has 0 saturated heterocycles. The first kappa shape index (κ1) is 18.5. The average molecular weight is 377 g/mol. The monoisotopic (exact) mass is 375 g/mol. The molecule has 2 rings (SSSR count). The lowest BCUT2D eigenvalue weighted by Gasteiger charge is -2.06. The molecule has 2 aromatic rings. The summed E-state index contributed by atoms with van der Waals surface area (Å²) in [7, 11) is 1.91. The molecule has 0 fully saturated rings. The van der Waals surface area contributed by atoms with Crippen LogP contribution < -0.4 is 22.4 Å². The highest BCUT2D eigenvalue weighted by molar-refractivity contribution is 6.45. The lowest BCUT2D eigenvalue weighted by Crippen LogP contribution is -3.00. The maximum Gasteiger partial charge on any atom is 0.177 e. The van der Waals surface area contributed by atoms with E-state index in [0.29, 0.717) is 0 Å². The lowest BCUT2D eigenvalue weighted by molar-refractivity contribution is -0.671. The third-order valence-corrected chi connectivity index (χ3v) is 3.61. The Morgan fingerprint density at radius 1 is 1.36 bits per heavy atom. The number of hydrazone groups is 1. The molecular weight excluding hydrogens is 368 g/mol. The fourth-order valence-electron chi connectivity index (χ4n) is 1.53. The molecule has 0 aromatic carbocycles. The van der Waals surface area contributed by atoms with E-state index in [1.54, 1.807) is 6.21 Å². The number of hydrogen-bond acceptors (Lipinski definition) is 4. The lowest BCUT2D eigenvalue weighted by atomic mass is 10.3. The molecule has 0 aliphatic rings. The Hall–Kier alpha value is -1.58. The standard InChI is InChI=1S/C13H9Cl3N5.ClH/c1-21-4-2-3-8(7-21)6-18-20-13-11(15)10(14)9(5-17)12(16)19-13;/h2-4,6-7H,1H3,(H,19,20);1H/q+1;/p-1/b18-6+;. The van der Waals surface area contributed by atoms with Gasteiger partial charge >= 0.3 is 0 Å². The van der Waals surface area contributed by atoms with E-state index in [0.717, 1.165) is 5.56 Å². The number of nitriles is 1. The van der Waals surface area contributed by atoms with Crippen molar-refractivity contribution in [2.24, 2.45) is 12.1 Å². The van der Waals surface area contributed by atoms with Crippen LogP contribution in [0.15, 0.2) is 29.6 Å². The van der Waals surface area contributed by atoms with Crippen molar-refractivity contribution in [3.8, 4) is 6.07 Å². The van der Waals surface area contributed by atoms with E-state index in [-0.39, 0.29) is 39.0 Å². The first-order valence-corrected chi connectivity index (χ1v) is 6.85. The largest absolute Gasteiger partial charge is 1.00 e. The van der Waals surface area contributed by atoms with Crippen molar-refractivity contribution >= 4 is 46.8 Å². The van der Waals surface area contributed by atoms with Crippen molar-refractivity contribution in [1.29, 1.82) is 5.26 Å². The molecule has 0 radical (unpaired) electrons. The van der Waals surface area contributed by atoms with Gasteiger partial charge in [-0.25, -0.2) is 9.55 Å². The van der Waals surface area contributed by atoms with Crippen LogP contribution in [0.1, 0.15) is 11.1 Å². The number of nitrogens with one attached hydrogen (secondary N) is 1. The van der Waals surface area contributed by atoms with Gasteiger partial charge in [-0.15, -0.1) is 0 Å². The van der Waals surface area contributed by atoms with Crippen molar-refractivity contribution < 1.29 is 17.0 Å². The van der Waals surface area contributed by atoms with Crippen LogP contribution in [0.3, 0.4) is 0 Å². The second-order valence-electron chi connectivity index (χ2n) is 4.04. The third-order valence-electron chi connectivity index (χ3n) is 2.49. The molecule has 0 bridgehead atoms. The van der Waals surface area contributed by atoms with Gasteiger partial charge in [-0.2, -0.15) is 10.4 Å². The molecule has 2 heterocycles. The Labute approximate surface area is 148 Å². The van der Waals surface area contributed by atoms with E-state index in [1.807, 2.05) is 42.2 Å². The maximum atomic E-state index is 8.90. The number of pyridine rings is 2. The predicted molar refractivity (Wildman–Crippen MR) is 82.8 cm³/mol. The molecule has 0 aliphatic carbocycles. The first-order chi connectivity index (χ1) is 10.0. The van der Waals surface area contributed by atoms with E-state index < -0.39 is 0 Å². The number of aromatic nitrogens is 2. The Morgan fingerprint density at radius 2 is 2.09 bits per heavy atom. The number of anilines is 1. The molecule has 22 heavy (non-hydrogen) atoms. The molecule has 0 saturated carbocycles. The molecule has 0 atom stereocenters. The highest BCUT2D eigenvalue weighted by Gasteiger charge is 2.15. The predicted octanol–water partition coefficient (Wildman–Crippen LogP) is 0.188. The highest BCUT2D eigenvalue weighted by Crippen LogP contribution is 2.34. The zero-order valence-electron chi connectivity index (χ0n) is 11.2. The van der Waals surface area contributed by atoms with Crippen LogP contribution >= 0.6 is 34.8 Å². The van der Waals surface area contributed by atoms with E-state index in [2.05, 4.69) is 15.5 Å². The zero-order valence-corrected chi connectivity index (χ0v) is 14.2. The second kappa shape index (κ2) is 8.16. The number of rotatable bonds is 3. The van der Waals surface area contributed by atoms with Gasteiger partial charge in [-0.1, -0.05) is 34.8 Å². The van der Waals surface area contributed by atoms with E-state index in [1.165, 1.54) is 0 Å². The van der Waals surface area contributed by atoms with E-state index >= 15 is 0 Å². The smallest absolute Gasteiger partial charge is 0.177 e. The quantitative estimate of drug-likeness (QED) is 0.360. The summed E-state index contributed by atoms with van der Waals surface area (Å²) in [4.78, 5) is 3.95. The SMILES string of the molecule is C[n+]1cccc(/C=N/Nc2nc(Cl)c(C#N)c(Cl)c2Cl)c1.[Cl-]. The molecule has 9 heteroatoms. The fraction of sp³-hybridized carbons (Fsp3) is 0.0769. The van der Waals surface area contributed by atoms with Crippen LogP contribution in [0.4, 0.5) is 5.82 Å². The van der Waals surface area contributed by atoms with Crippen molar-refractivity contribution in [3.05, 3.63) is 50.9 Å². The molecule has 0 aliphatic heterocycles. The first-order valence-electron chi connectivity index (χ1n) is 5.72. The molecule has 114 valence electrons. The topological polar surface area (TPSA) is 64.9 Å². The summed E-state index contributed by atoms with van der Waals surface area (Å²) >= 11 is 17.8. The van der Waals surface area contributed by atoms with E-state index in [9.17, 15) is 0 Å². The fourth-order valence-corrected chi connectivity index (χ4v) is 2.20. The highest BCUT2D eigenvalue weighted by atomic mass is 35.5. The number of aryl methyl sites for hydroxylation is 1. The van der Waals surface area contributed by atoms with Crippen molar-refractivity contribution in [3.63, 3.8) is 0 Å². The van der Waals surface area contributed by atoms with Crippen molar-refractivity contribution in [2.45, 2.75) is 0 Å². The maximum absolute atomic E-state index is 8.90. The Morgan fingerprint density at radius 3 is 2.73 bits per heavy atom. The van der Waals surface area contributed by atoms with Gasteiger partial charge in [0.05, 0.1) is 16.8 Å². The minimum absolute atomic E-state index is 0. The van der Waals surface area contributed by atoms with Crippen molar-refractivity contribution in [1.82, 2.24) is 4.98 Å². The van der Waals surface area contributed by atoms with Gasteiger partial charge in [0.2, 0.25) is 0 Å². The molecule has 1 N–H and O–H groups in total. The van der Waals surface area contributed by atoms with Gasteiger partial charge in [0.25, 0.3) is 0 Å². The Balaban J connectivity index is 0.00000242. The minimum atomic E-state index is -0.0317. The second-order valence-corrected chi connectivity index (χ2v) is 5.15. The summed E-state index contributed by atoms with van der Waals surface area (Å²) < 4.78 is 1.89. The summed E-state index contributed by atoms with van der Waals surface area (Å²) in [6.07, 6.45) is 5.39. The van der Waals surface area contributed by atoms with Crippen LogP contribution in [-0.4, -0.2) is 11.2 Å². The number of hydrogen-bond donors (Lipinski definition) is 1. The van der Waals surface area contributed by atoms with Gasteiger partial charge in [0.1, 0.15) is 23.7 Å². The van der Waals surface area contributed by atoms with Gasteiger partial charge in [0, 0.05) is 6.07 Å². The molecule has 0 unspecified atom stereocenters. The van der Waals surface area contributed by atoms with Crippen molar-refractivity contribution in [2.75, 3.05) is 5.43 Å². The van der Waals surface area contributed by atoms with Gasteiger partial charge < -0.3 is 12.4 Å². The molecule has 2 aromatic heterocycles. The summed E-state index contributed by atoms with van der Waals surface area (Å²) in [5, 5.41) is 13.0. The number of halogens is 4. The summed E-state index contributed by atoms with van der Waals surface area (Å²) in [5.41, 5.74) is 3.57. The molecule has 0 spiro atoms. The summed E-state index contributed by atoms with van der Waals surface area (Å²) in [6.45, 7) is 0. The summed E-state index contributed by atoms with van der Waals surface area (Å²) in [5.74, 6) is 0.183. The zero-order chi connectivity index (χ0) is 15.4. The van der Waals surface area contributed by atoms with Crippen LogP contribution in [0, 0.1) is 11.3 Å². The molecule has 5 nitrogen and oxygen atoms in total. The molecular formula is C13H9Cl4N5. The third kappa shape index (κ3) is 4.21. The van der Waals surface area contributed by atoms with Gasteiger partial charge in [-0.3, -0.25) is 5.43 Å². The van der Waals surface area contributed by atoms with Crippen LogP contribution in [0.5, 0.6) is 0 Å². The van der Waals surface area contributed by atoms with Crippen LogP contribution in [0.2, 0.25) is 15.2 Å². The van der Waals surface area contributed by atoms with Gasteiger partial charge in [-0.05, 0) is 6.07 Å². The minimum Gasteiger partial charge on any atom is -1.00 e. The summed E-state index contributed by atoms with van der Waals surface area (Å²) in [6, 6.07) is 5.62. The molecule has 0 amide bonds. The van der Waals surface area contributed by atoms with Gasteiger partial charge in [0.15, 0.2) is 23.4 Å². The van der Waals surface area contributed by atoms with Crippen LogP contribution in [-0.2, 0) is 7.05 Å². The number of nitrogens with zero attached hydrogens (tertiary/aromatic N) is 4. The average Bonchev–Trinajstić information content (AvgIpc) is 2.45. The normalized spacial score (nSPS) is 10.1. The van der Waals surface area contributed by atoms with Crippen LogP contribution in [0.25, 0.3) is 0 Å².